The summed E-state index contributed by atoms with van der Waals surface area (Å²) in [5.41, 5.74) is 7.01. The van der Waals surface area contributed by atoms with Crippen molar-refractivity contribution in [3.63, 3.8) is 0 Å². The molecule has 0 amide bonds. The maximum atomic E-state index is 13.4. The number of rotatable bonds is 3. The molecule has 0 spiro atoms. The summed E-state index contributed by atoms with van der Waals surface area (Å²) in [6.45, 7) is 9.29. The number of nitrogens with zero attached hydrogens (tertiary/aromatic N) is 4. The quantitative estimate of drug-likeness (QED) is 0.876. The highest BCUT2D eigenvalue weighted by molar-refractivity contribution is 5.71. The fraction of sp³-hybridized carbons (Fsp3) is 0.500. The van der Waals surface area contributed by atoms with Crippen LogP contribution >= 0.6 is 0 Å². The Labute approximate surface area is 118 Å². The first-order chi connectivity index (χ1) is 9.29. The molecule has 5 nitrogen and oxygen atoms in total. The van der Waals surface area contributed by atoms with Gasteiger partial charge in [0.05, 0.1) is 0 Å². The Morgan fingerprint density at radius 1 is 1.35 bits per heavy atom. The summed E-state index contributed by atoms with van der Waals surface area (Å²) in [4.78, 5) is 0. The first-order valence-corrected chi connectivity index (χ1v) is 6.60. The van der Waals surface area contributed by atoms with E-state index in [0.717, 1.165) is 0 Å². The van der Waals surface area contributed by atoms with E-state index in [0.29, 0.717) is 29.5 Å². The summed E-state index contributed by atoms with van der Waals surface area (Å²) in [7, 11) is 0. The lowest BCUT2D eigenvalue weighted by atomic mass is 9.82. The van der Waals surface area contributed by atoms with Crippen LogP contribution in [0, 0.1) is 17.2 Å². The summed E-state index contributed by atoms with van der Waals surface area (Å²) in [6, 6.07) is 4.21. The maximum Gasteiger partial charge on any atom is 0.184 e. The van der Waals surface area contributed by atoms with Crippen LogP contribution in [0.15, 0.2) is 18.2 Å². The number of anilines is 1. The summed E-state index contributed by atoms with van der Waals surface area (Å²) in [5.74, 6) is 0.505. The summed E-state index contributed by atoms with van der Waals surface area (Å²) in [6.07, 6.45) is 0. The molecule has 108 valence electrons. The molecule has 0 saturated heterocycles. The van der Waals surface area contributed by atoms with E-state index in [2.05, 4.69) is 43.2 Å². The lowest BCUT2D eigenvalue weighted by Crippen LogP contribution is -2.23. The molecule has 0 saturated carbocycles. The highest BCUT2D eigenvalue weighted by Gasteiger charge is 2.23. The molecule has 2 N–H and O–H groups in total. The van der Waals surface area contributed by atoms with Crippen molar-refractivity contribution in [3.8, 4) is 11.4 Å². The van der Waals surface area contributed by atoms with Crippen LogP contribution in [0.2, 0.25) is 0 Å². The summed E-state index contributed by atoms with van der Waals surface area (Å²) >= 11 is 0. The lowest BCUT2D eigenvalue weighted by Gasteiger charge is -2.27. The molecule has 20 heavy (non-hydrogen) atoms. The minimum absolute atomic E-state index is 0.136. The topological polar surface area (TPSA) is 69.6 Å². The van der Waals surface area contributed by atoms with Crippen LogP contribution in [-0.2, 0) is 6.54 Å². The largest absolute Gasteiger partial charge is 0.398 e. The Balaban J connectivity index is 2.36. The fourth-order valence-corrected chi connectivity index (χ4v) is 1.78. The molecule has 0 radical (unpaired) electrons. The standard InChI is InChI=1S/C14H20FN5/c1-9(14(2,3)4)8-20-13(17-18-19-20)11-7-10(15)5-6-12(11)16/h5-7,9H,8,16H2,1-4H3. The molecular formula is C14H20FN5. The predicted molar refractivity (Wildman–Crippen MR) is 76.2 cm³/mol. The van der Waals surface area contributed by atoms with Crippen molar-refractivity contribution in [3.05, 3.63) is 24.0 Å². The number of hydrogen-bond acceptors (Lipinski definition) is 4. The summed E-state index contributed by atoms with van der Waals surface area (Å²) in [5, 5.41) is 11.7. The molecule has 6 heteroatoms. The minimum atomic E-state index is -0.354. The molecule has 0 aliphatic heterocycles. The van der Waals surface area contributed by atoms with E-state index in [1.54, 1.807) is 4.68 Å². The first-order valence-electron chi connectivity index (χ1n) is 6.60. The van der Waals surface area contributed by atoms with Gasteiger partial charge in [-0.1, -0.05) is 27.7 Å². The zero-order valence-corrected chi connectivity index (χ0v) is 12.3. The van der Waals surface area contributed by atoms with Crippen LogP contribution in [0.3, 0.4) is 0 Å². The van der Waals surface area contributed by atoms with E-state index in [9.17, 15) is 4.39 Å². The van der Waals surface area contributed by atoms with Gasteiger partial charge in [-0.15, -0.1) is 5.10 Å². The van der Waals surface area contributed by atoms with Crippen LogP contribution in [0.25, 0.3) is 11.4 Å². The number of aromatic nitrogens is 4. The SMILES string of the molecule is CC(Cn1nnnc1-c1cc(F)ccc1N)C(C)(C)C. The van der Waals surface area contributed by atoms with Gasteiger partial charge in [0.25, 0.3) is 0 Å². The monoisotopic (exact) mass is 277 g/mol. The smallest absolute Gasteiger partial charge is 0.184 e. The number of nitrogens with two attached hydrogens (primary N) is 1. The van der Waals surface area contributed by atoms with Crippen molar-refractivity contribution in [2.24, 2.45) is 11.3 Å². The highest BCUT2D eigenvalue weighted by Crippen LogP contribution is 2.29. The van der Waals surface area contributed by atoms with Crippen LogP contribution in [0.1, 0.15) is 27.7 Å². The van der Waals surface area contributed by atoms with Gasteiger partial charge in [-0.2, -0.15) is 0 Å². The van der Waals surface area contributed by atoms with Crippen LogP contribution in [0.4, 0.5) is 10.1 Å². The number of benzene rings is 1. The Morgan fingerprint density at radius 3 is 2.70 bits per heavy atom. The molecule has 1 aromatic heterocycles. The van der Waals surface area contributed by atoms with Gasteiger partial charge in [-0.3, -0.25) is 0 Å². The molecule has 0 bridgehead atoms. The zero-order valence-electron chi connectivity index (χ0n) is 12.3. The average Bonchev–Trinajstić information content (AvgIpc) is 2.79. The molecule has 0 fully saturated rings. The molecular weight excluding hydrogens is 257 g/mol. The van der Waals surface area contributed by atoms with Crippen molar-refractivity contribution in [1.82, 2.24) is 20.2 Å². The lowest BCUT2D eigenvalue weighted by molar-refractivity contribution is 0.225. The molecule has 1 aromatic carbocycles. The second kappa shape index (κ2) is 5.19. The molecule has 0 aliphatic rings. The predicted octanol–water partition coefficient (Wildman–Crippen LogP) is 2.74. The third-order valence-corrected chi connectivity index (χ3v) is 3.71. The van der Waals surface area contributed by atoms with E-state index in [1.165, 1.54) is 18.2 Å². The second-order valence-electron chi connectivity index (χ2n) is 6.18. The Hall–Kier alpha value is -1.98. The molecule has 0 aliphatic carbocycles. The van der Waals surface area contributed by atoms with Crippen molar-refractivity contribution in [2.45, 2.75) is 34.2 Å². The van der Waals surface area contributed by atoms with Gasteiger partial charge in [0.1, 0.15) is 5.82 Å². The highest BCUT2D eigenvalue weighted by atomic mass is 19.1. The number of nitrogen functional groups attached to an aromatic ring is 1. The van der Waals surface area contributed by atoms with E-state index in [-0.39, 0.29) is 11.2 Å². The van der Waals surface area contributed by atoms with Crippen LogP contribution in [0.5, 0.6) is 0 Å². The summed E-state index contributed by atoms with van der Waals surface area (Å²) < 4.78 is 15.1. The van der Waals surface area contributed by atoms with E-state index >= 15 is 0 Å². The van der Waals surface area contributed by atoms with E-state index < -0.39 is 0 Å². The average molecular weight is 277 g/mol. The Bertz CT molecular complexity index is 600. The molecule has 1 heterocycles. The Morgan fingerprint density at radius 2 is 2.05 bits per heavy atom. The van der Waals surface area contributed by atoms with Gasteiger partial charge in [0, 0.05) is 17.8 Å². The Kier molecular flexibility index (Phi) is 3.74. The molecule has 1 atom stereocenters. The zero-order chi connectivity index (χ0) is 14.9. The van der Waals surface area contributed by atoms with Crippen LogP contribution < -0.4 is 5.73 Å². The van der Waals surface area contributed by atoms with Crippen molar-refractivity contribution in [2.75, 3.05) is 5.73 Å². The number of tetrazole rings is 1. The van der Waals surface area contributed by atoms with E-state index in [1.807, 2.05) is 0 Å². The van der Waals surface area contributed by atoms with Gasteiger partial charge in [-0.25, -0.2) is 9.07 Å². The fourth-order valence-electron chi connectivity index (χ4n) is 1.78. The van der Waals surface area contributed by atoms with Gasteiger partial charge < -0.3 is 5.73 Å². The first kappa shape index (κ1) is 14.4. The number of halogens is 1. The third kappa shape index (κ3) is 2.95. The third-order valence-electron chi connectivity index (χ3n) is 3.71. The molecule has 2 aromatic rings. The van der Waals surface area contributed by atoms with Crippen molar-refractivity contribution in [1.29, 1.82) is 0 Å². The van der Waals surface area contributed by atoms with E-state index in [4.69, 9.17) is 5.73 Å². The van der Waals surface area contributed by atoms with Crippen LogP contribution in [-0.4, -0.2) is 20.2 Å². The van der Waals surface area contributed by atoms with Gasteiger partial charge in [-0.05, 0) is 40.0 Å². The maximum absolute atomic E-state index is 13.4. The number of hydrogen-bond donors (Lipinski definition) is 1. The van der Waals surface area contributed by atoms with Crippen molar-refractivity contribution >= 4 is 5.69 Å². The normalized spacial score (nSPS) is 13.4. The molecule has 1 unspecified atom stereocenters. The van der Waals surface area contributed by atoms with Gasteiger partial charge in [0.15, 0.2) is 5.82 Å². The van der Waals surface area contributed by atoms with Gasteiger partial charge >= 0.3 is 0 Å². The second-order valence-corrected chi connectivity index (χ2v) is 6.18. The molecule has 2 rings (SSSR count). The van der Waals surface area contributed by atoms with Crippen molar-refractivity contribution < 1.29 is 4.39 Å². The van der Waals surface area contributed by atoms with Gasteiger partial charge in [0.2, 0.25) is 0 Å². The minimum Gasteiger partial charge on any atom is -0.398 e.